The van der Waals surface area contributed by atoms with Gasteiger partial charge < -0.3 is 15.5 Å². The summed E-state index contributed by atoms with van der Waals surface area (Å²) in [4.78, 5) is 7.15. The molecule has 0 aromatic carbocycles. The van der Waals surface area contributed by atoms with Crippen LogP contribution in [0.2, 0.25) is 0 Å². The Labute approximate surface area is 119 Å². The summed E-state index contributed by atoms with van der Waals surface area (Å²) in [6.45, 7) is 13.2. The van der Waals surface area contributed by atoms with Gasteiger partial charge in [0.2, 0.25) is 0 Å². The summed E-state index contributed by atoms with van der Waals surface area (Å²) >= 11 is 0. The van der Waals surface area contributed by atoms with Gasteiger partial charge in [-0.25, -0.2) is 0 Å². The molecule has 1 aliphatic heterocycles. The summed E-state index contributed by atoms with van der Waals surface area (Å²) in [6.07, 6.45) is 5.30. The van der Waals surface area contributed by atoms with E-state index in [-0.39, 0.29) is 0 Å². The first-order valence-electron chi connectivity index (χ1n) is 7.97. The van der Waals surface area contributed by atoms with Gasteiger partial charge >= 0.3 is 0 Å². The first-order valence-corrected chi connectivity index (χ1v) is 7.97. The van der Waals surface area contributed by atoms with Crippen LogP contribution in [0.15, 0.2) is 4.99 Å². The predicted octanol–water partition coefficient (Wildman–Crippen LogP) is 2.07. The van der Waals surface area contributed by atoms with E-state index in [1.807, 2.05) is 0 Å². The van der Waals surface area contributed by atoms with Gasteiger partial charge in [0, 0.05) is 19.6 Å². The second kappa shape index (κ2) is 10.1. The van der Waals surface area contributed by atoms with Gasteiger partial charge in [-0.05, 0) is 58.2 Å². The Morgan fingerprint density at radius 3 is 2.53 bits per heavy atom. The van der Waals surface area contributed by atoms with Gasteiger partial charge in [-0.2, -0.15) is 0 Å². The summed E-state index contributed by atoms with van der Waals surface area (Å²) < 4.78 is 0. The van der Waals surface area contributed by atoms with Crippen molar-refractivity contribution in [2.45, 2.75) is 46.5 Å². The van der Waals surface area contributed by atoms with E-state index in [0.717, 1.165) is 25.6 Å². The Hall–Kier alpha value is -0.770. The third-order valence-electron chi connectivity index (χ3n) is 3.35. The largest absolute Gasteiger partial charge is 0.357 e. The molecule has 0 unspecified atom stereocenters. The highest BCUT2D eigenvalue weighted by molar-refractivity contribution is 5.79. The van der Waals surface area contributed by atoms with Crippen LogP contribution in [-0.2, 0) is 0 Å². The second-order valence-electron chi connectivity index (χ2n) is 5.80. The minimum absolute atomic E-state index is 0.616. The van der Waals surface area contributed by atoms with E-state index >= 15 is 0 Å². The lowest BCUT2D eigenvalue weighted by molar-refractivity contribution is 0.330. The van der Waals surface area contributed by atoms with Crippen molar-refractivity contribution < 1.29 is 0 Å². The zero-order valence-corrected chi connectivity index (χ0v) is 13.0. The number of hydrogen-bond acceptors (Lipinski definition) is 2. The molecule has 112 valence electrons. The van der Waals surface area contributed by atoms with Crippen LogP contribution in [0.1, 0.15) is 46.5 Å². The Kier molecular flexibility index (Phi) is 8.63. The van der Waals surface area contributed by atoms with Crippen molar-refractivity contribution in [2.75, 3.05) is 39.3 Å². The van der Waals surface area contributed by atoms with Crippen LogP contribution in [0.25, 0.3) is 0 Å². The van der Waals surface area contributed by atoms with E-state index in [4.69, 9.17) is 0 Å². The van der Waals surface area contributed by atoms with Gasteiger partial charge in [0.05, 0.1) is 0 Å². The van der Waals surface area contributed by atoms with Gasteiger partial charge in [-0.15, -0.1) is 0 Å². The molecule has 4 heteroatoms. The minimum Gasteiger partial charge on any atom is -0.357 e. The van der Waals surface area contributed by atoms with E-state index < -0.39 is 0 Å². The van der Waals surface area contributed by atoms with Crippen LogP contribution >= 0.6 is 0 Å². The zero-order valence-electron chi connectivity index (χ0n) is 13.0. The topological polar surface area (TPSA) is 39.7 Å². The Morgan fingerprint density at radius 2 is 1.89 bits per heavy atom. The van der Waals surface area contributed by atoms with Crippen molar-refractivity contribution in [1.82, 2.24) is 15.5 Å². The molecule has 1 rings (SSSR count). The Balaban J connectivity index is 2.08. The minimum atomic E-state index is 0.616. The van der Waals surface area contributed by atoms with Gasteiger partial charge in [0.25, 0.3) is 0 Å². The predicted molar refractivity (Wildman–Crippen MR) is 83.7 cm³/mol. The molecule has 19 heavy (non-hydrogen) atoms. The maximum absolute atomic E-state index is 4.57. The molecule has 0 spiro atoms. The lowest BCUT2D eigenvalue weighted by Crippen LogP contribution is -2.38. The van der Waals surface area contributed by atoms with Crippen LogP contribution in [-0.4, -0.2) is 50.1 Å². The highest BCUT2D eigenvalue weighted by Gasteiger charge is 2.09. The fourth-order valence-electron chi connectivity index (χ4n) is 2.29. The number of nitrogens with zero attached hydrogens (tertiary/aromatic N) is 2. The third-order valence-corrected chi connectivity index (χ3v) is 3.35. The molecule has 4 nitrogen and oxygen atoms in total. The van der Waals surface area contributed by atoms with Crippen molar-refractivity contribution in [1.29, 1.82) is 0 Å². The molecule has 1 heterocycles. The second-order valence-corrected chi connectivity index (χ2v) is 5.80. The van der Waals surface area contributed by atoms with Crippen molar-refractivity contribution in [2.24, 2.45) is 10.9 Å². The van der Waals surface area contributed by atoms with E-state index in [0.29, 0.717) is 5.92 Å². The molecule has 0 aromatic rings. The van der Waals surface area contributed by atoms with E-state index in [1.165, 1.54) is 45.3 Å². The first-order chi connectivity index (χ1) is 9.22. The SMILES string of the molecule is CCNC(=NCC(C)C)NCCCCN1CCCC1. The lowest BCUT2D eigenvalue weighted by Gasteiger charge is -2.15. The van der Waals surface area contributed by atoms with Crippen LogP contribution in [0, 0.1) is 5.92 Å². The summed E-state index contributed by atoms with van der Waals surface area (Å²) in [5.41, 5.74) is 0. The number of likely N-dealkylation sites (tertiary alicyclic amines) is 1. The molecule has 0 bridgehead atoms. The number of hydrogen-bond donors (Lipinski definition) is 2. The molecular formula is C15H32N4. The van der Waals surface area contributed by atoms with Gasteiger partial charge in [-0.3, -0.25) is 4.99 Å². The molecule has 1 fully saturated rings. The molecule has 0 aliphatic carbocycles. The number of guanidine groups is 1. The molecular weight excluding hydrogens is 236 g/mol. The van der Waals surface area contributed by atoms with Crippen LogP contribution < -0.4 is 10.6 Å². The standard InChI is InChI=1S/C15H32N4/c1-4-16-15(18-13-14(2)3)17-9-5-6-10-19-11-7-8-12-19/h14H,4-13H2,1-3H3,(H2,16,17,18). The third kappa shape index (κ3) is 8.09. The molecule has 0 aromatic heterocycles. The molecule has 0 amide bonds. The monoisotopic (exact) mass is 268 g/mol. The van der Waals surface area contributed by atoms with E-state index in [1.54, 1.807) is 0 Å². The molecule has 1 aliphatic rings. The smallest absolute Gasteiger partial charge is 0.191 e. The lowest BCUT2D eigenvalue weighted by atomic mass is 10.2. The van der Waals surface area contributed by atoms with Crippen LogP contribution in [0.4, 0.5) is 0 Å². The fraction of sp³-hybridized carbons (Fsp3) is 0.933. The summed E-state index contributed by atoms with van der Waals surface area (Å²) in [7, 11) is 0. The summed E-state index contributed by atoms with van der Waals surface area (Å²) in [6, 6.07) is 0. The van der Waals surface area contributed by atoms with Crippen LogP contribution in [0.3, 0.4) is 0 Å². The van der Waals surface area contributed by atoms with Crippen molar-refractivity contribution in [3.63, 3.8) is 0 Å². The highest BCUT2D eigenvalue weighted by atomic mass is 15.2. The van der Waals surface area contributed by atoms with Gasteiger partial charge in [-0.1, -0.05) is 13.8 Å². The number of unbranched alkanes of at least 4 members (excludes halogenated alkanes) is 1. The van der Waals surface area contributed by atoms with Crippen LogP contribution in [0.5, 0.6) is 0 Å². The highest BCUT2D eigenvalue weighted by Crippen LogP contribution is 2.07. The quantitative estimate of drug-likeness (QED) is 0.402. The van der Waals surface area contributed by atoms with Gasteiger partial charge in [0.15, 0.2) is 5.96 Å². The summed E-state index contributed by atoms with van der Waals surface area (Å²) in [5, 5.41) is 6.72. The van der Waals surface area contributed by atoms with Crippen molar-refractivity contribution in [3.8, 4) is 0 Å². The molecule has 0 atom stereocenters. The average molecular weight is 268 g/mol. The zero-order chi connectivity index (χ0) is 13.9. The van der Waals surface area contributed by atoms with Gasteiger partial charge in [0.1, 0.15) is 0 Å². The van der Waals surface area contributed by atoms with Crippen molar-refractivity contribution in [3.05, 3.63) is 0 Å². The Bertz CT molecular complexity index is 245. The first kappa shape index (κ1) is 16.3. The maximum Gasteiger partial charge on any atom is 0.191 e. The molecule has 1 saturated heterocycles. The number of nitrogens with one attached hydrogen (secondary N) is 2. The van der Waals surface area contributed by atoms with Crippen molar-refractivity contribution >= 4 is 5.96 Å². The molecule has 2 N–H and O–H groups in total. The fourth-order valence-corrected chi connectivity index (χ4v) is 2.29. The Morgan fingerprint density at radius 1 is 1.16 bits per heavy atom. The number of rotatable bonds is 8. The van der Waals surface area contributed by atoms with E-state index in [9.17, 15) is 0 Å². The summed E-state index contributed by atoms with van der Waals surface area (Å²) in [5.74, 6) is 1.59. The molecule has 0 saturated carbocycles. The maximum atomic E-state index is 4.57. The number of aliphatic imine (C=N–C) groups is 1. The normalized spacial score (nSPS) is 17.2. The average Bonchev–Trinajstić information content (AvgIpc) is 2.88. The van der Waals surface area contributed by atoms with E-state index in [2.05, 4.69) is 41.3 Å². The molecule has 0 radical (unpaired) electrons.